The Morgan fingerprint density at radius 3 is 3.11 bits per heavy atom. The van der Waals surface area contributed by atoms with Crippen LogP contribution in [-0.2, 0) is 17.8 Å². The van der Waals surface area contributed by atoms with Crippen molar-refractivity contribution in [3.63, 3.8) is 0 Å². The molecule has 1 aromatic carbocycles. The van der Waals surface area contributed by atoms with Crippen molar-refractivity contribution in [1.82, 2.24) is 9.88 Å². The molecular formula is C14H15ClN2O. The number of aromatic nitrogens is 1. The number of nitrogens with one attached hydrogen (secondary N) is 1. The van der Waals surface area contributed by atoms with Gasteiger partial charge in [0.1, 0.15) is 5.88 Å². The van der Waals surface area contributed by atoms with Crippen LogP contribution in [0.4, 0.5) is 0 Å². The minimum absolute atomic E-state index is 0.0179. The van der Waals surface area contributed by atoms with Gasteiger partial charge in [-0.15, -0.1) is 11.6 Å². The second kappa shape index (κ2) is 4.32. The molecule has 2 heterocycles. The summed E-state index contributed by atoms with van der Waals surface area (Å²) in [5.41, 5.74) is 4.91. The third-order valence-electron chi connectivity index (χ3n) is 3.60. The van der Waals surface area contributed by atoms with Gasteiger partial charge in [-0.1, -0.05) is 11.6 Å². The minimum Gasteiger partial charge on any atom is -0.358 e. The Labute approximate surface area is 111 Å². The summed E-state index contributed by atoms with van der Waals surface area (Å²) in [6.07, 6.45) is 0.881. The van der Waals surface area contributed by atoms with Gasteiger partial charge in [0.25, 0.3) is 0 Å². The molecular weight excluding hydrogens is 248 g/mol. The molecule has 3 rings (SSSR count). The van der Waals surface area contributed by atoms with Gasteiger partial charge in [-0.3, -0.25) is 4.79 Å². The number of amides is 1. The SMILES string of the molecule is Cc1ccc2[nH]c3c(c2c1)CN(C(=O)CCl)CC3. The van der Waals surface area contributed by atoms with Crippen molar-refractivity contribution in [3.8, 4) is 0 Å². The number of halogens is 1. The molecule has 1 aliphatic rings. The van der Waals surface area contributed by atoms with Gasteiger partial charge in [0.15, 0.2) is 0 Å². The predicted molar refractivity (Wildman–Crippen MR) is 72.9 cm³/mol. The Morgan fingerprint density at radius 2 is 2.33 bits per heavy atom. The Hall–Kier alpha value is -1.48. The van der Waals surface area contributed by atoms with Crippen LogP contribution in [0.5, 0.6) is 0 Å². The van der Waals surface area contributed by atoms with Crippen LogP contribution in [0.25, 0.3) is 10.9 Å². The molecule has 0 aliphatic carbocycles. The van der Waals surface area contributed by atoms with Gasteiger partial charge in [-0.2, -0.15) is 0 Å². The molecule has 4 heteroatoms. The zero-order chi connectivity index (χ0) is 12.7. The molecule has 0 atom stereocenters. The maximum Gasteiger partial charge on any atom is 0.237 e. The van der Waals surface area contributed by atoms with Crippen LogP contribution >= 0.6 is 11.6 Å². The molecule has 1 aromatic heterocycles. The molecule has 0 saturated heterocycles. The first-order valence-electron chi connectivity index (χ1n) is 6.13. The van der Waals surface area contributed by atoms with Crippen molar-refractivity contribution < 1.29 is 4.79 Å². The number of H-pyrrole nitrogens is 1. The molecule has 2 aromatic rings. The summed E-state index contributed by atoms with van der Waals surface area (Å²) in [5, 5.41) is 1.23. The number of carbonyl (C=O) groups excluding carboxylic acids is 1. The van der Waals surface area contributed by atoms with Crippen LogP contribution < -0.4 is 0 Å². The quantitative estimate of drug-likeness (QED) is 0.788. The van der Waals surface area contributed by atoms with Crippen LogP contribution in [0.3, 0.4) is 0 Å². The van der Waals surface area contributed by atoms with E-state index in [9.17, 15) is 4.79 Å². The van der Waals surface area contributed by atoms with Crippen molar-refractivity contribution >= 4 is 28.4 Å². The van der Waals surface area contributed by atoms with E-state index in [1.165, 1.54) is 22.2 Å². The van der Waals surface area contributed by atoms with Crippen molar-refractivity contribution in [2.75, 3.05) is 12.4 Å². The van der Waals surface area contributed by atoms with Crippen molar-refractivity contribution in [3.05, 3.63) is 35.0 Å². The number of nitrogens with zero attached hydrogens (tertiary/aromatic N) is 1. The Balaban J connectivity index is 2.05. The van der Waals surface area contributed by atoms with Crippen LogP contribution in [0.15, 0.2) is 18.2 Å². The Bertz CT molecular complexity index is 618. The molecule has 1 amide bonds. The number of carbonyl (C=O) groups is 1. The molecule has 0 fully saturated rings. The standard InChI is InChI=1S/C14H15ClN2O/c1-9-2-3-12-10(6-9)11-8-17(14(18)7-15)5-4-13(11)16-12/h2-3,6,16H,4-5,7-8H2,1H3. The Kier molecular flexibility index (Phi) is 2.78. The van der Waals surface area contributed by atoms with Gasteiger partial charge in [0, 0.05) is 41.7 Å². The maximum absolute atomic E-state index is 11.7. The van der Waals surface area contributed by atoms with Gasteiger partial charge in [-0.05, 0) is 19.1 Å². The predicted octanol–water partition coefficient (Wildman–Crippen LogP) is 2.60. The molecule has 3 nitrogen and oxygen atoms in total. The summed E-state index contributed by atoms with van der Waals surface area (Å²) in [6.45, 7) is 3.51. The smallest absolute Gasteiger partial charge is 0.237 e. The van der Waals surface area contributed by atoms with E-state index in [1.54, 1.807) is 0 Å². The first-order chi connectivity index (χ1) is 8.69. The summed E-state index contributed by atoms with van der Waals surface area (Å²) < 4.78 is 0. The summed E-state index contributed by atoms with van der Waals surface area (Å²) in [4.78, 5) is 17.0. The largest absolute Gasteiger partial charge is 0.358 e. The molecule has 0 unspecified atom stereocenters. The number of aromatic amines is 1. The first-order valence-corrected chi connectivity index (χ1v) is 6.66. The fraction of sp³-hybridized carbons (Fsp3) is 0.357. The number of alkyl halides is 1. The highest BCUT2D eigenvalue weighted by Crippen LogP contribution is 2.28. The zero-order valence-corrected chi connectivity index (χ0v) is 11.0. The minimum atomic E-state index is 0.0179. The number of rotatable bonds is 1. The zero-order valence-electron chi connectivity index (χ0n) is 10.3. The summed E-state index contributed by atoms with van der Waals surface area (Å²) in [5.74, 6) is 0.0841. The third-order valence-corrected chi connectivity index (χ3v) is 3.83. The fourth-order valence-corrected chi connectivity index (χ4v) is 2.79. The molecule has 0 saturated carbocycles. The van der Waals surface area contributed by atoms with Gasteiger partial charge in [0.2, 0.25) is 5.91 Å². The highest BCUT2D eigenvalue weighted by atomic mass is 35.5. The van der Waals surface area contributed by atoms with Gasteiger partial charge in [-0.25, -0.2) is 0 Å². The van der Waals surface area contributed by atoms with E-state index in [0.29, 0.717) is 6.54 Å². The molecule has 0 bridgehead atoms. The lowest BCUT2D eigenvalue weighted by Crippen LogP contribution is -2.36. The lowest BCUT2D eigenvalue weighted by molar-refractivity contribution is -0.129. The summed E-state index contributed by atoms with van der Waals surface area (Å²) in [7, 11) is 0. The lowest BCUT2D eigenvalue weighted by Gasteiger charge is -2.26. The molecule has 1 N–H and O–H groups in total. The maximum atomic E-state index is 11.7. The van der Waals surface area contributed by atoms with Crippen LogP contribution in [-0.4, -0.2) is 28.2 Å². The van der Waals surface area contributed by atoms with Gasteiger partial charge in [0.05, 0.1) is 0 Å². The van der Waals surface area contributed by atoms with E-state index in [2.05, 4.69) is 30.1 Å². The number of benzene rings is 1. The number of aryl methyl sites for hydroxylation is 1. The van der Waals surface area contributed by atoms with E-state index in [4.69, 9.17) is 11.6 Å². The first kappa shape index (κ1) is 11.6. The topological polar surface area (TPSA) is 36.1 Å². The number of fused-ring (bicyclic) bond motifs is 3. The highest BCUT2D eigenvalue weighted by molar-refractivity contribution is 6.27. The number of hydrogen-bond donors (Lipinski definition) is 1. The van der Waals surface area contributed by atoms with Crippen molar-refractivity contribution in [2.24, 2.45) is 0 Å². The van der Waals surface area contributed by atoms with E-state index in [-0.39, 0.29) is 11.8 Å². The fourth-order valence-electron chi connectivity index (χ4n) is 2.63. The molecule has 94 valence electrons. The molecule has 18 heavy (non-hydrogen) atoms. The highest BCUT2D eigenvalue weighted by Gasteiger charge is 2.23. The Morgan fingerprint density at radius 1 is 1.50 bits per heavy atom. The van der Waals surface area contributed by atoms with Gasteiger partial charge >= 0.3 is 0 Å². The third kappa shape index (κ3) is 1.79. The average molecular weight is 263 g/mol. The molecule has 1 aliphatic heterocycles. The summed E-state index contributed by atoms with van der Waals surface area (Å²) >= 11 is 5.63. The summed E-state index contributed by atoms with van der Waals surface area (Å²) in [6, 6.07) is 6.39. The second-order valence-electron chi connectivity index (χ2n) is 4.83. The molecule has 0 radical (unpaired) electrons. The second-order valence-corrected chi connectivity index (χ2v) is 5.10. The van der Waals surface area contributed by atoms with E-state index >= 15 is 0 Å². The van der Waals surface area contributed by atoms with Crippen LogP contribution in [0, 0.1) is 6.92 Å². The van der Waals surface area contributed by atoms with Crippen molar-refractivity contribution in [1.29, 1.82) is 0 Å². The van der Waals surface area contributed by atoms with E-state index in [1.807, 2.05) is 4.90 Å². The van der Waals surface area contributed by atoms with Gasteiger partial charge < -0.3 is 9.88 Å². The van der Waals surface area contributed by atoms with E-state index < -0.39 is 0 Å². The molecule has 0 spiro atoms. The monoisotopic (exact) mass is 262 g/mol. The normalized spacial score (nSPS) is 14.9. The van der Waals surface area contributed by atoms with Crippen LogP contribution in [0.2, 0.25) is 0 Å². The average Bonchev–Trinajstić information content (AvgIpc) is 2.75. The number of hydrogen-bond acceptors (Lipinski definition) is 1. The lowest BCUT2D eigenvalue weighted by atomic mass is 10.0. The van der Waals surface area contributed by atoms with E-state index in [0.717, 1.165) is 18.5 Å². The van der Waals surface area contributed by atoms with Crippen LogP contribution in [0.1, 0.15) is 16.8 Å². The van der Waals surface area contributed by atoms with Crippen molar-refractivity contribution in [2.45, 2.75) is 19.9 Å².